The first-order valence-electron chi connectivity index (χ1n) is 7.30. The van der Waals surface area contributed by atoms with Crippen LogP contribution >= 0.6 is 0 Å². The fourth-order valence-corrected chi connectivity index (χ4v) is 3.88. The highest BCUT2D eigenvalue weighted by Gasteiger charge is 2.44. The van der Waals surface area contributed by atoms with E-state index in [0.29, 0.717) is 25.0 Å². The minimum absolute atomic E-state index is 0.144. The number of anilines is 2. The molecule has 2 aliphatic rings. The number of sulfonamides is 1. The molecule has 22 heavy (non-hydrogen) atoms. The Hall–Kier alpha value is -1.48. The van der Waals surface area contributed by atoms with E-state index in [1.807, 2.05) is 4.90 Å². The van der Waals surface area contributed by atoms with Gasteiger partial charge in [0.05, 0.1) is 12.5 Å². The van der Waals surface area contributed by atoms with E-state index in [-0.39, 0.29) is 17.8 Å². The van der Waals surface area contributed by atoms with Crippen molar-refractivity contribution < 1.29 is 12.8 Å². The molecule has 0 aromatic carbocycles. The van der Waals surface area contributed by atoms with Crippen molar-refractivity contribution in [2.24, 2.45) is 11.8 Å². The minimum atomic E-state index is -3.26. The molecule has 1 aromatic rings. The summed E-state index contributed by atoms with van der Waals surface area (Å²) in [6.07, 6.45) is 4.57. The second-order valence-electron chi connectivity index (χ2n) is 6.02. The van der Waals surface area contributed by atoms with E-state index in [4.69, 9.17) is 0 Å². The topological polar surface area (TPSA) is 87.2 Å². The Morgan fingerprint density at radius 3 is 2.68 bits per heavy atom. The van der Waals surface area contributed by atoms with Crippen molar-refractivity contribution in [1.29, 1.82) is 0 Å². The molecule has 9 heteroatoms. The van der Waals surface area contributed by atoms with Crippen LogP contribution in [0, 0.1) is 17.7 Å². The lowest BCUT2D eigenvalue weighted by Gasteiger charge is -2.17. The van der Waals surface area contributed by atoms with Crippen molar-refractivity contribution in [1.82, 2.24) is 14.7 Å². The quantitative estimate of drug-likeness (QED) is 0.814. The Labute approximate surface area is 129 Å². The second kappa shape index (κ2) is 5.62. The molecule has 2 fully saturated rings. The Bertz CT molecular complexity index is 664. The molecule has 1 saturated carbocycles. The van der Waals surface area contributed by atoms with Crippen molar-refractivity contribution in [2.75, 3.05) is 36.6 Å². The number of halogens is 1. The molecule has 3 rings (SSSR count). The predicted octanol–water partition coefficient (Wildman–Crippen LogP) is 0.421. The first-order chi connectivity index (χ1) is 10.4. The van der Waals surface area contributed by atoms with Gasteiger partial charge in [0.1, 0.15) is 0 Å². The Balaban J connectivity index is 1.81. The lowest BCUT2D eigenvalue weighted by atomic mass is 9.99. The lowest BCUT2D eigenvalue weighted by molar-refractivity contribution is 0.427. The molecule has 0 bridgehead atoms. The third kappa shape index (κ3) is 3.30. The van der Waals surface area contributed by atoms with Crippen LogP contribution in [-0.4, -0.2) is 50.8 Å². The molecule has 7 nitrogen and oxygen atoms in total. The number of nitrogens with zero attached hydrogens (tertiary/aromatic N) is 3. The van der Waals surface area contributed by atoms with Gasteiger partial charge in [0, 0.05) is 26.2 Å². The summed E-state index contributed by atoms with van der Waals surface area (Å²) in [4.78, 5) is 10.1. The van der Waals surface area contributed by atoms with Gasteiger partial charge >= 0.3 is 0 Å². The van der Waals surface area contributed by atoms with E-state index < -0.39 is 15.8 Å². The largest absolute Gasteiger partial charge is 0.371 e. The summed E-state index contributed by atoms with van der Waals surface area (Å²) in [6.45, 7) is 1.19. The zero-order valence-electron chi connectivity index (χ0n) is 12.6. The number of nitrogens with one attached hydrogen (secondary N) is 2. The highest BCUT2D eigenvalue weighted by Crippen LogP contribution is 2.42. The number of rotatable bonds is 5. The number of aromatic nitrogens is 2. The van der Waals surface area contributed by atoms with Crippen molar-refractivity contribution in [3.8, 4) is 0 Å². The van der Waals surface area contributed by atoms with E-state index in [9.17, 15) is 12.8 Å². The molecule has 1 aliphatic heterocycles. The summed E-state index contributed by atoms with van der Waals surface area (Å²) < 4.78 is 39.3. The second-order valence-corrected chi connectivity index (χ2v) is 7.80. The maximum Gasteiger partial charge on any atom is 0.227 e. The summed E-state index contributed by atoms with van der Waals surface area (Å²) in [5.41, 5.74) is 0. The van der Waals surface area contributed by atoms with Crippen LogP contribution in [0.25, 0.3) is 0 Å². The van der Waals surface area contributed by atoms with E-state index in [2.05, 4.69) is 20.0 Å². The zero-order valence-corrected chi connectivity index (χ0v) is 13.4. The number of hydrogen-bond donors (Lipinski definition) is 2. The van der Waals surface area contributed by atoms with E-state index in [0.717, 1.165) is 19.0 Å². The summed E-state index contributed by atoms with van der Waals surface area (Å²) in [6, 6.07) is -0.144. The van der Waals surface area contributed by atoms with Gasteiger partial charge in [0.15, 0.2) is 11.6 Å². The monoisotopic (exact) mass is 329 g/mol. The van der Waals surface area contributed by atoms with Crippen LogP contribution in [0.5, 0.6) is 0 Å². The summed E-state index contributed by atoms with van der Waals surface area (Å²) >= 11 is 0. The molecule has 0 amide bonds. The standard InChI is InChI=1S/C13H20FN5O2S/c1-15-12-10(14)5-16-13(17-12)19-6-9(8-3-4-8)11(7-19)18-22(2,20)21/h5,8-9,11,18H,3-4,6-7H2,1-2H3,(H,15,16,17)/t9-,11+/m1/s1. The van der Waals surface area contributed by atoms with Crippen LogP contribution in [0.4, 0.5) is 16.2 Å². The van der Waals surface area contributed by atoms with Gasteiger partial charge in [-0.25, -0.2) is 22.5 Å². The third-order valence-electron chi connectivity index (χ3n) is 4.21. The fraction of sp³-hybridized carbons (Fsp3) is 0.692. The minimum Gasteiger partial charge on any atom is -0.371 e. The van der Waals surface area contributed by atoms with Gasteiger partial charge in [0.2, 0.25) is 16.0 Å². The number of hydrogen-bond acceptors (Lipinski definition) is 6. The average Bonchev–Trinajstić information content (AvgIpc) is 3.20. The first-order valence-corrected chi connectivity index (χ1v) is 9.19. The Morgan fingerprint density at radius 1 is 1.36 bits per heavy atom. The van der Waals surface area contributed by atoms with Crippen LogP contribution in [0.2, 0.25) is 0 Å². The van der Waals surface area contributed by atoms with Crippen molar-refractivity contribution >= 4 is 21.8 Å². The normalized spacial score (nSPS) is 25.5. The first kappa shape index (κ1) is 15.4. The van der Waals surface area contributed by atoms with Crippen LogP contribution in [0.1, 0.15) is 12.8 Å². The Kier molecular flexibility index (Phi) is 3.94. The van der Waals surface area contributed by atoms with E-state index in [1.54, 1.807) is 7.05 Å². The molecule has 2 N–H and O–H groups in total. The molecule has 2 heterocycles. The van der Waals surface area contributed by atoms with Gasteiger partial charge in [-0.1, -0.05) is 0 Å². The summed E-state index contributed by atoms with van der Waals surface area (Å²) in [5, 5.41) is 2.69. The van der Waals surface area contributed by atoms with Crippen molar-refractivity contribution in [3.63, 3.8) is 0 Å². The fourth-order valence-electron chi connectivity index (χ4n) is 3.08. The predicted molar refractivity (Wildman–Crippen MR) is 81.7 cm³/mol. The Morgan fingerprint density at radius 2 is 2.09 bits per heavy atom. The molecule has 0 radical (unpaired) electrons. The highest BCUT2D eigenvalue weighted by atomic mass is 32.2. The van der Waals surface area contributed by atoms with Gasteiger partial charge in [-0.3, -0.25) is 0 Å². The molecule has 2 atom stereocenters. The molecular weight excluding hydrogens is 309 g/mol. The molecular formula is C13H20FN5O2S. The molecule has 0 unspecified atom stereocenters. The van der Waals surface area contributed by atoms with Gasteiger partial charge in [-0.2, -0.15) is 4.98 Å². The van der Waals surface area contributed by atoms with Crippen LogP contribution in [0.3, 0.4) is 0 Å². The van der Waals surface area contributed by atoms with Crippen LogP contribution < -0.4 is 14.9 Å². The molecule has 1 saturated heterocycles. The SMILES string of the molecule is CNc1nc(N2C[C@H](NS(C)(=O)=O)[C@@H](C3CC3)C2)ncc1F. The van der Waals surface area contributed by atoms with Crippen LogP contribution in [0.15, 0.2) is 6.20 Å². The van der Waals surface area contributed by atoms with E-state index in [1.165, 1.54) is 6.26 Å². The highest BCUT2D eigenvalue weighted by molar-refractivity contribution is 7.88. The third-order valence-corrected chi connectivity index (χ3v) is 4.94. The summed E-state index contributed by atoms with van der Waals surface area (Å²) in [7, 11) is -1.66. The smallest absolute Gasteiger partial charge is 0.227 e. The van der Waals surface area contributed by atoms with Gasteiger partial charge < -0.3 is 10.2 Å². The van der Waals surface area contributed by atoms with Crippen molar-refractivity contribution in [3.05, 3.63) is 12.0 Å². The van der Waals surface area contributed by atoms with Gasteiger partial charge in [0.25, 0.3) is 0 Å². The van der Waals surface area contributed by atoms with Crippen molar-refractivity contribution in [2.45, 2.75) is 18.9 Å². The molecule has 0 spiro atoms. The average molecular weight is 329 g/mol. The van der Waals surface area contributed by atoms with E-state index >= 15 is 0 Å². The summed E-state index contributed by atoms with van der Waals surface area (Å²) in [5.74, 6) is 0.867. The maximum absolute atomic E-state index is 13.5. The van der Waals surface area contributed by atoms with Crippen LogP contribution in [-0.2, 0) is 10.0 Å². The molecule has 122 valence electrons. The maximum atomic E-state index is 13.5. The van der Waals surface area contributed by atoms with Gasteiger partial charge in [-0.05, 0) is 24.7 Å². The zero-order chi connectivity index (χ0) is 15.9. The molecule has 1 aliphatic carbocycles. The van der Waals surface area contributed by atoms with Gasteiger partial charge in [-0.15, -0.1) is 0 Å². The lowest BCUT2D eigenvalue weighted by Crippen LogP contribution is -2.40. The molecule has 1 aromatic heterocycles.